The van der Waals surface area contributed by atoms with E-state index in [-0.39, 0.29) is 0 Å². The molecule has 0 unspecified atom stereocenters. The molecule has 0 bridgehead atoms. The van der Waals surface area contributed by atoms with Gasteiger partial charge in [-0.15, -0.1) is 0 Å². The van der Waals surface area contributed by atoms with E-state index in [0.29, 0.717) is 18.0 Å². The Kier molecular flexibility index (Phi) is 3.76. The molecule has 0 fully saturated rings. The second-order valence-corrected chi connectivity index (χ2v) is 3.76. The van der Waals surface area contributed by atoms with Gasteiger partial charge in [-0.05, 0) is 6.92 Å². The molecular formula is C12H17N5O. The first-order chi connectivity index (χ1) is 8.80. The van der Waals surface area contributed by atoms with Crippen LogP contribution < -0.4 is 10.1 Å². The molecule has 0 aliphatic rings. The van der Waals surface area contributed by atoms with Crippen LogP contribution in [0.1, 0.15) is 18.4 Å². The maximum Gasteiger partial charge on any atom is 0.183 e. The number of hydrogen-bond donors (Lipinski definition) is 1. The quantitative estimate of drug-likeness (QED) is 0.863. The Labute approximate surface area is 106 Å². The fraction of sp³-hybridized carbons (Fsp3) is 0.417. The first kappa shape index (κ1) is 12.3. The van der Waals surface area contributed by atoms with Gasteiger partial charge in [-0.1, -0.05) is 0 Å². The van der Waals surface area contributed by atoms with Crippen molar-refractivity contribution in [2.45, 2.75) is 19.9 Å². The molecule has 6 nitrogen and oxygen atoms in total. The van der Waals surface area contributed by atoms with E-state index in [1.807, 2.05) is 13.2 Å². The van der Waals surface area contributed by atoms with Crippen LogP contribution in [-0.2, 0) is 13.0 Å². The van der Waals surface area contributed by atoms with Gasteiger partial charge >= 0.3 is 0 Å². The predicted molar refractivity (Wildman–Crippen MR) is 68.8 cm³/mol. The van der Waals surface area contributed by atoms with E-state index >= 15 is 0 Å². The summed E-state index contributed by atoms with van der Waals surface area (Å²) in [5.41, 5.74) is 0.831. The number of aryl methyl sites for hydroxylation is 1. The summed E-state index contributed by atoms with van der Waals surface area (Å²) in [5.74, 6) is 2.33. The van der Waals surface area contributed by atoms with Crippen molar-refractivity contribution in [3.63, 3.8) is 0 Å². The van der Waals surface area contributed by atoms with Gasteiger partial charge in [0.15, 0.2) is 11.6 Å². The van der Waals surface area contributed by atoms with Crippen LogP contribution in [0.25, 0.3) is 0 Å². The second-order valence-electron chi connectivity index (χ2n) is 3.76. The largest absolute Gasteiger partial charge is 0.491 e. The van der Waals surface area contributed by atoms with E-state index < -0.39 is 0 Å². The van der Waals surface area contributed by atoms with Crippen molar-refractivity contribution < 1.29 is 4.74 Å². The number of nitrogens with one attached hydrogen (secondary N) is 1. The Bertz CT molecular complexity index is 523. The van der Waals surface area contributed by atoms with E-state index in [0.717, 1.165) is 18.1 Å². The highest BCUT2D eigenvalue weighted by molar-refractivity contribution is 5.52. The zero-order valence-electron chi connectivity index (χ0n) is 10.8. The number of rotatable bonds is 5. The van der Waals surface area contributed by atoms with Gasteiger partial charge in [0.05, 0.1) is 19.2 Å². The minimum atomic E-state index is 0.626. The van der Waals surface area contributed by atoms with E-state index in [4.69, 9.17) is 4.74 Å². The topological polar surface area (TPSA) is 64.9 Å². The maximum atomic E-state index is 5.37. The van der Waals surface area contributed by atoms with Crippen LogP contribution in [-0.4, -0.2) is 33.7 Å². The van der Waals surface area contributed by atoms with E-state index in [9.17, 15) is 0 Å². The molecule has 6 heteroatoms. The third-order valence-corrected chi connectivity index (χ3v) is 2.79. The highest BCUT2D eigenvalue weighted by atomic mass is 16.5. The summed E-state index contributed by atoms with van der Waals surface area (Å²) in [7, 11) is 3.43. The zero-order chi connectivity index (χ0) is 13.0. The molecule has 0 aromatic carbocycles. The number of hydrogen-bond acceptors (Lipinski definition) is 5. The highest BCUT2D eigenvalue weighted by Crippen LogP contribution is 2.25. The Hall–Kier alpha value is -2.11. The Morgan fingerprint density at radius 1 is 1.33 bits per heavy atom. The van der Waals surface area contributed by atoms with Crippen molar-refractivity contribution in [1.29, 1.82) is 0 Å². The predicted octanol–water partition coefficient (Wildman–Crippen LogP) is 1.33. The molecule has 0 aliphatic carbocycles. The SMILES string of the molecule is CCn1ccnc1Cc1ncnc(NC)c1OC. The molecule has 0 radical (unpaired) electrons. The molecule has 0 spiro atoms. The summed E-state index contributed by atoms with van der Waals surface area (Å²) in [5, 5.41) is 2.99. The summed E-state index contributed by atoms with van der Waals surface area (Å²) in [6.45, 7) is 2.98. The van der Waals surface area contributed by atoms with Crippen LogP contribution in [0.3, 0.4) is 0 Å². The Morgan fingerprint density at radius 3 is 2.83 bits per heavy atom. The van der Waals surface area contributed by atoms with Crippen molar-refractivity contribution in [3.05, 3.63) is 30.2 Å². The molecule has 1 N–H and O–H groups in total. The van der Waals surface area contributed by atoms with Gasteiger partial charge in [-0.25, -0.2) is 15.0 Å². The van der Waals surface area contributed by atoms with E-state index in [1.165, 1.54) is 6.33 Å². The molecule has 96 valence electrons. The van der Waals surface area contributed by atoms with Gasteiger partial charge in [0.2, 0.25) is 0 Å². The fourth-order valence-corrected chi connectivity index (χ4v) is 1.87. The Balaban J connectivity index is 2.34. The molecular weight excluding hydrogens is 230 g/mol. The van der Waals surface area contributed by atoms with Gasteiger partial charge in [0, 0.05) is 26.0 Å². The van der Waals surface area contributed by atoms with Crippen LogP contribution in [0.2, 0.25) is 0 Å². The number of ether oxygens (including phenoxy) is 1. The number of aromatic nitrogens is 4. The molecule has 0 atom stereocenters. The molecule has 2 aromatic rings. The summed E-state index contributed by atoms with van der Waals surface area (Å²) in [4.78, 5) is 12.7. The lowest BCUT2D eigenvalue weighted by atomic mass is 10.2. The number of anilines is 1. The van der Waals surface area contributed by atoms with Gasteiger partial charge in [0.1, 0.15) is 12.2 Å². The summed E-state index contributed by atoms with van der Waals surface area (Å²) < 4.78 is 7.45. The monoisotopic (exact) mass is 247 g/mol. The molecule has 18 heavy (non-hydrogen) atoms. The molecule has 0 amide bonds. The first-order valence-electron chi connectivity index (χ1n) is 5.85. The lowest BCUT2D eigenvalue weighted by Gasteiger charge is -2.11. The third-order valence-electron chi connectivity index (χ3n) is 2.79. The first-order valence-corrected chi connectivity index (χ1v) is 5.85. The van der Waals surface area contributed by atoms with Crippen molar-refractivity contribution in [3.8, 4) is 5.75 Å². The van der Waals surface area contributed by atoms with Gasteiger partial charge in [0.25, 0.3) is 0 Å². The fourth-order valence-electron chi connectivity index (χ4n) is 1.87. The minimum Gasteiger partial charge on any atom is -0.491 e. The van der Waals surface area contributed by atoms with Crippen molar-refractivity contribution in [1.82, 2.24) is 19.5 Å². The summed E-state index contributed by atoms with van der Waals surface area (Å²) in [6, 6.07) is 0. The molecule has 2 rings (SSSR count). The minimum absolute atomic E-state index is 0.626. The van der Waals surface area contributed by atoms with Crippen LogP contribution in [0.15, 0.2) is 18.7 Å². The van der Waals surface area contributed by atoms with Crippen molar-refractivity contribution >= 4 is 5.82 Å². The van der Waals surface area contributed by atoms with E-state index in [1.54, 1.807) is 13.3 Å². The Morgan fingerprint density at radius 2 is 2.17 bits per heavy atom. The van der Waals surface area contributed by atoms with Crippen LogP contribution in [0, 0.1) is 0 Å². The van der Waals surface area contributed by atoms with Gasteiger partial charge in [-0.2, -0.15) is 0 Å². The zero-order valence-corrected chi connectivity index (χ0v) is 10.8. The van der Waals surface area contributed by atoms with E-state index in [2.05, 4.69) is 31.8 Å². The molecule has 0 saturated carbocycles. The van der Waals surface area contributed by atoms with Crippen molar-refractivity contribution in [2.75, 3.05) is 19.5 Å². The molecule has 2 heterocycles. The number of imidazole rings is 1. The number of methoxy groups -OCH3 is 1. The molecule has 2 aromatic heterocycles. The lowest BCUT2D eigenvalue weighted by molar-refractivity contribution is 0.407. The van der Waals surface area contributed by atoms with Crippen molar-refractivity contribution in [2.24, 2.45) is 0 Å². The lowest BCUT2D eigenvalue weighted by Crippen LogP contribution is -2.07. The highest BCUT2D eigenvalue weighted by Gasteiger charge is 2.13. The summed E-state index contributed by atoms with van der Waals surface area (Å²) >= 11 is 0. The normalized spacial score (nSPS) is 10.4. The molecule has 0 saturated heterocycles. The third kappa shape index (κ3) is 2.27. The standard InChI is InChI=1S/C12H17N5O/c1-4-17-6-5-14-10(17)7-9-11(18-3)12(13-2)16-8-15-9/h5-6,8H,4,7H2,1-3H3,(H,13,15,16). The smallest absolute Gasteiger partial charge is 0.183 e. The maximum absolute atomic E-state index is 5.37. The average Bonchev–Trinajstić information content (AvgIpc) is 2.85. The van der Waals surface area contributed by atoms with Crippen LogP contribution in [0.4, 0.5) is 5.82 Å². The van der Waals surface area contributed by atoms with Crippen LogP contribution in [0.5, 0.6) is 5.75 Å². The summed E-state index contributed by atoms with van der Waals surface area (Å²) in [6.07, 6.45) is 5.91. The van der Waals surface area contributed by atoms with Gasteiger partial charge < -0.3 is 14.6 Å². The molecule has 0 aliphatic heterocycles. The number of nitrogens with zero attached hydrogens (tertiary/aromatic N) is 4. The second kappa shape index (κ2) is 5.48. The average molecular weight is 247 g/mol. The van der Waals surface area contributed by atoms with Crippen LogP contribution >= 0.6 is 0 Å². The van der Waals surface area contributed by atoms with Gasteiger partial charge in [-0.3, -0.25) is 0 Å².